The lowest BCUT2D eigenvalue weighted by atomic mass is 10.1. The van der Waals surface area contributed by atoms with E-state index < -0.39 is 6.10 Å². The number of aromatic nitrogens is 1. The van der Waals surface area contributed by atoms with Gasteiger partial charge in [0.25, 0.3) is 0 Å². The zero-order valence-corrected chi connectivity index (χ0v) is 14.1. The van der Waals surface area contributed by atoms with E-state index in [2.05, 4.69) is 42.6 Å². The number of nitrogens with zero attached hydrogens (tertiary/aromatic N) is 1. The third-order valence-corrected chi connectivity index (χ3v) is 3.65. The lowest BCUT2D eigenvalue weighted by Gasteiger charge is -2.13. The number of hydrogen-bond donors (Lipinski definition) is 2. The third kappa shape index (κ3) is 4.01. The topological polar surface area (TPSA) is 45.1 Å². The van der Waals surface area contributed by atoms with Crippen LogP contribution in [0.1, 0.15) is 12.5 Å². The van der Waals surface area contributed by atoms with Crippen LogP contribution in [0.4, 0.5) is 5.69 Å². The van der Waals surface area contributed by atoms with Crippen LogP contribution in [0.5, 0.6) is 0 Å². The maximum Gasteiger partial charge on any atom is 0.0730 e. The van der Waals surface area contributed by atoms with Crippen molar-refractivity contribution in [2.45, 2.75) is 20.0 Å². The lowest BCUT2D eigenvalue weighted by Crippen LogP contribution is -2.15. The average molecular weight is 329 g/mol. The normalized spacial score (nSPS) is 11.8. The number of aryl methyl sites for hydroxylation is 1. The van der Waals surface area contributed by atoms with Crippen LogP contribution in [0, 0.1) is 6.92 Å². The quantitative estimate of drug-likeness (QED) is 0.745. The highest BCUT2D eigenvalue weighted by Gasteiger charge is 2.08. The molecule has 0 aliphatic heterocycles. The van der Waals surface area contributed by atoms with Crippen molar-refractivity contribution in [1.29, 1.82) is 0 Å². The standard InChI is InChI=1S/C19H20N2O.ClH/c1-13-7-9-15(10-8-13)18-11-19(20-12-14(2)22)16-5-3-4-6-17(16)21-18;/h3-11,14,22H,12H2,1-2H3,(H,20,21);1H/t14-;/m0./s1. The van der Waals surface area contributed by atoms with Crippen molar-refractivity contribution in [2.24, 2.45) is 0 Å². The van der Waals surface area contributed by atoms with E-state index >= 15 is 0 Å². The zero-order chi connectivity index (χ0) is 15.5. The van der Waals surface area contributed by atoms with Crippen molar-refractivity contribution >= 4 is 29.0 Å². The number of para-hydroxylation sites is 1. The average Bonchev–Trinajstić information content (AvgIpc) is 2.53. The molecule has 0 aliphatic carbocycles. The fourth-order valence-electron chi connectivity index (χ4n) is 2.45. The van der Waals surface area contributed by atoms with Crippen LogP contribution in [-0.4, -0.2) is 22.7 Å². The van der Waals surface area contributed by atoms with Gasteiger partial charge in [0.05, 0.1) is 17.3 Å². The highest BCUT2D eigenvalue weighted by Crippen LogP contribution is 2.28. The Bertz CT molecular complexity index is 785. The predicted octanol–water partition coefficient (Wildman–Crippen LogP) is 4.42. The molecular weight excluding hydrogens is 308 g/mol. The number of rotatable bonds is 4. The molecule has 0 spiro atoms. The van der Waals surface area contributed by atoms with Gasteiger partial charge in [-0.15, -0.1) is 12.4 Å². The van der Waals surface area contributed by atoms with Crippen LogP contribution in [-0.2, 0) is 0 Å². The molecule has 2 aromatic carbocycles. The van der Waals surface area contributed by atoms with E-state index in [-0.39, 0.29) is 12.4 Å². The van der Waals surface area contributed by atoms with Crippen LogP contribution < -0.4 is 5.32 Å². The third-order valence-electron chi connectivity index (χ3n) is 3.65. The van der Waals surface area contributed by atoms with Gasteiger partial charge in [-0.25, -0.2) is 4.98 Å². The van der Waals surface area contributed by atoms with Gasteiger partial charge in [-0.1, -0.05) is 48.0 Å². The maximum atomic E-state index is 9.52. The second-order valence-corrected chi connectivity index (χ2v) is 5.67. The van der Waals surface area contributed by atoms with Gasteiger partial charge in [-0.2, -0.15) is 0 Å². The molecule has 0 radical (unpaired) electrons. The molecule has 23 heavy (non-hydrogen) atoms. The van der Waals surface area contributed by atoms with Crippen LogP contribution >= 0.6 is 12.4 Å². The fraction of sp³-hybridized carbons (Fsp3) is 0.211. The lowest BCUT2D eigenvalue weighted by molar-refractivity contribution is 0.208. The monoisotopic (exact) mass is 328 g/mol. The number of anilines is 1. The molecule has 4 heteroatoms. The van der Waals surface area contributed by atoms with E-state index in [9.17, 15) is 5.11 Å². The summed E-state index contributed by atoms with van der Waals surface area (Å²) in [6, 6.07) is 18.5. The summed E-state index contributed by atoms with van der Waals surface area (Å²) in [6.07, 6.45) is -0.394. The van der Waals surface area contributed by atoms with Crippen LogP contribution in [0.3, 0.4) is 0 Å². The number of nitrogens with one attached hydrogen (secondary N) is 1. The second kappa shape index (κ2) is 7.44. The molecule has 0 amide bonds. The number of pyridine rings is 1. The summed E-state index contributed by atoms with van der Waals surface area (Å²) in [7, 11) is 0. The fourth-order valence-corrected chi connectivity index (χ4v) is 2.45. The van der Waals surface area contributed by atoms with E-state index in [1.165, 1.54) is 5.56 Å². The number of hydrogen-bond acceptors (Lipinski definition) is 3. The Morgan fingerprint density at radius 2 is 1.78 bits per heavy atom. The number of fused-ring (bicyclic) bond motifs is 1. The molecule has 1 heterocycles. The minimum atomic E-state index is -0.394. The van der Waals surface area contributed by atoms with E-state index in [0.717, 1.165) is 27.8 Å². The molecule has 0 unspecified atom stereocenters. The summed E-state index contributed by atoms with van der Waals surface area (Å²) >= 11 is 0. The van der Waals surface area contributed by atoms with Crippen molar-refractivity contribution in [3.63, 3.8) is 0 Å². The molecule has 0 saturated heterocycles. The highest BCUT2D eigenvalue weighted by molar-refractivity contribution is 5.93. The van der Waals surface area contributed by atoms with Crippen LogP contribution in [0.2, 0.25) is 0 Å². The first-order valence-corrected chi connectivity index (χ1v) is 7.52. The summed E-state index contributed by atoms with van der Waals surface area (Å²) in [5, 5.41) is 13.9. The molecule has 3 aromatic rings. The van der Waals surface area contributed by atoms with Gasteiger partial charge in [0.2, 0.25) is 0 Å². The molecule has 1 atom stereocenters. The Balaban J connectivity index is 0.00000192. The molecule has 1 aromatic heterocycles. The molecule has 0 aliphatic rings. The molecule has 2 N–H and O–H groups in total. The first-order chi connectivity index (χ1) is 10.6. The number of benzene rings is 2. The number of aliphatic hydroxyl groups is 1. The van der Waals surface area contributed by atoms with E-state index in [1.807, 2.05) is 24.3 Å². The van der Waals surface area contributed by atoms with Gasteiger partial charge in [-0.05, 0) is 26.0 Å². The van der Waals surface area contributed by atoms with Crippen molar-refractivity contribution in [2.75, 3.05) is 11.9 Å². The minimum absolute atomic E-state index is 0. The van der Waals surface area contributed by atoms with Crippen molar-refractivity contribution < 1.29 is 5.11 Å². The van der Waals surface area contributed by atoms with Crippen molar-refractivity contribution in [3.8, 4) is 11.3 Å². The van der Waals surface area contributed by atoms with Crippen LogP contribution in [0.25, 0.3) is 22.2 Å². The smallest absolute Gasteiger partial charge is 0.0730 e. The Morgan fingerprint density at radius 1 is 1.09 bits per heavy atom. The molecule has 3 rings (SSSR count). The van der Waals surface area contributed by atoms with Gasteiger partial charge in [-0.3, -0.25) is 0 Å². The molecule has 0 bridgehead atoms. The maximum absolute atomic E-state index is 9.52. The Morgan fingerprint density at radius 3 is 2.48 bits per heavy atom. The van der Waals surface area contributed by atoms with Crippen molar-refractivity contribution in [3.05, 3.63) is 60.2 Å². The first kappa shape index (κ1) is 17.3. The Kier molecular flexibility index (Phi) is 5.59. The zero-order valence-electron chi connectivity index (χ0n) is 13.3. The Hall–Kier alpha value is -2.10. The highest BCUT2D eigenvalue weighted by atomic mass is 35.5. The van der Waals surface area contributed by atoms with Gasteiger partial charge in [0.15, 0.2) is 0 Å². The summed E-state index contributed by atoms with van der Waals surface area (Å²) in [5.74, 6) is 0. The first-order valence-electron chi connectivity index (χ1n) is 7.52. The minimum Gasteiger partial charge on any atom is -0.392 e. The van der Waals surface area contributed by atoms with Crippen molar-refractivity contribution in [1.82, 2.24) is 4.98 Å². The second-order valence-electron chi connectivity index (χ2n) is 5.67. The molecule has 0 fully saturated rings. The van der Waals surface area contributed by atoms with E-state index in [4.69, 9.17) is 4.98 Å². The van der Waals surface area contributed by atoms with Gasteiger partial charge >= 0.3 is 0 Å². The van der Waals surface area contributed by atoms with Gasteiger partial charge in [0.1, 0.15) is 0 Å². The van der Waals surface area contributed by atoms with Gasteiger partial charge in [0, 0.05) is 23.2 Å². The largest absolute Gasteiger partial charge is 0.392 e. The summed E-state index contributed by atoms with van der Waals surface area (Å²) < 4.78 is 0. The van der Waals surface area contributed by atoms with E-state index in [0.29, 0.717) is 6.54 Å². The molecule has 120 valence electrons. The molecule has 0 saturated carbocycles. The molecular formula is C19H21ClN2O. The summed E-state index contributed by atoms with van der Waals surface area (Å²) in [5.41, 5.74) is 5.22. The predicted molar refractivity (Wildman–Crippen MR) is 99.3 cm³/mol. The van der Waals surface area contributed by atoms with Gasteiger partial charge < -0.3 is 10.4 Å². The summed E-state index contributed by atoms with van der Waals surface area (Å²) in [6.45, 7) is 4.37. The SMILES string of the molecule is Cc1ccc(-c2cc(NC[C@H](C)O)c3ccccc3n2)cc1.Cl. The summed E-state index contributed by atoms with van der Waals surface area (Å²) in [4.78, 5) is 4.76. The van der Waals surface area contributed by atoms with Crippen LogP contribution in [0.15, 0.2) is 54.6 Å². The van der Waals surface area contributed by atoms with E-state index in [1.54, 1.807) is 6.92 Å². The molecule has 3 nitrogen and oxygen atoms in total. The number of aliphatic hydroxyl groups excluding tert-OH is 1. The number of halogens is 1. The Labute approximate surface area is 142 Å².